The summed E-state index contributed by atoms with van der Waals surface area (Å²) in [6.07, 6.45) is 23.3. The van der Waals surface area contributed by atoms with Gasteiger partial charge in [0.2, 0.25) is 5.91 Å². The van der Waals surface area contributed by atoms with Gasteiger partial charge in [-0.2, -0.15) is 11.8 Å². The van der Waals surface area contributed by atoms with Gasteiger partial charge in [0.05, 0.1) is 12.0 Å². The maximum atomic E-state index is 11.8. The fraction of sp³-hybridized carbons (Fsp3) is 0.826. The molecule has 0 aliphatic carbocycles. The number of hydrogen-bond donors (Lipinski definition) is 1. The minimum atomic E-state index is -1.19. The number of aliphatic carboxylic acids is 1. The third-order valence-corrected chi connectivity index (χ3v) is 5.54. The zero-order valence-corrected chi connectivity index (χ0v) is 23.1. The van der Waals surface area contributed by atoms with Crippen LogP contribution in [0.25, 0.3) is 0 Å². The first-order valence-corrected chi connectivity index (χ1v) is 12.6. The predicted molar refractivity (Wildman–Crippen MR) is 119 cm³/mol. The molecule has 0 saturated carbocycles. The van der Waals surface area contributed by atoms with Crippen LogP contribution in [0.4, 0.5) is 0 Å². The Kier molecular flexibility index (Phi) is 27.4. The van der Waals surface area contributed by atoms with Gasteiger partial charge in [0.25, 0.3) is 0 Å². The first kappa shape index (κ1) is 31.8. The van der Waals surface area contributed by atoms with Crippen LogP contribution >= 0.6 is 11.8 Å². The van der Waals surface area contributed by atoms with E-state index in [-0.39, 0.29) is 57.3 Å². The number of carboxylic acid groups (broad SMARTS) is 1. The van der Waals surface area contributed by atoms with Crippen molar-refractivity contribution in [1.29, 1.82) is 0 Å². The smallest absolute Gasteiger partial charge is 0.548 e. The van der Waals surface area contributed by atoms with Gasteiger partial charge in [0.1, 0.15) is 0 Å². The maximum Gasteiger partial charge on any atom is 1.00 e. The second kappa shape index (κ2) is 24.9. The van der Waals surface area contributed by atoms with Crippen LogP contribution < -0.4 is 61.8 Å². The van der Waals surface area contributed by atoms with Crippen LogP contribution in [0.5, 0.6) is 0 Å². The van der Waals surface area contributed by atoms with Crippen molar-refractivity contribution in [2.75, 3.05) is 12.0 Å². The third-order valence-electron chi connectivity index (χ3n) is 4.90. The summed E-state index contributed by atoms with van der Waals surface area (Å²) in [4.78, 5) is 22.8. The van der Waals surface area contributed by atoms with Gasteiger partial charge in [-0.1, -0.05) is 70.4 Å². The molecule has 6 heteroatoms. The number of carboxylic acids is 1. The number of unbranched alkanes of at least 4 members (excludes halogenated alkanes) is 11. The van der Waals surface area contributed by atoms with Gasteiger partial charge in [-0.25, -0.2) is 0 Å². The first-order valence-electron chi connectivity index (χ1n) is 11.3. The van der Waals surface area contributed by atoms with Crippen molar-refractivity contribution in [1.82, 2.24) is 5.32 Å². The van der Waals surface area contributed by atoms with E-state index >= 15 is 0 Å². The average molecular weight is 452 g/mol. The quantitative estimate of drug-likeness (QED) is 0.175. The molecule has 0 rings (SSSR count). The Morgan fingerprint density at radius 1 is 0.897 bits per heavy atom. The molecule has 1 unspecified atom stereocenters. The summed E-state index contributed by atoms with van der Waals surface area (Å²) >= 11 is 1.57. The van der Waals surface area contributed by atoms with Crippen LogP contribution in [0.1, 0.15) is 103 Å². The van der Waals surface area contributed by atoms with Crippen LogP contribution in [0.2, 0.25) is 0 Å². The van der Waals surface area contributed by atoms with Crippen molar-refractivity contribution in [2.45, 2.75) is 109 Å². The Labute approximate surface area is 226 Å². The molecule has 1 atom stereocenters. The van der Waals surface area contributed by atoms with Crippen molar-refractivity contribution in [2.24, 2.45) is 0 Å². The zero-order chi connectivity index (χ0) is 20.9. The summed E-state index contributed by atoms with van der Waals surface area (Å²) in [7, 11) is 0. The fourth-order valence-electron chi connectivity index (χ4n) is 3.11. The number of hydrogen-bond acceptors (Lipinski definition) is 4. The Bertz CT molecular complexity index is 419. The van der Waals surface area contributed by atoms with Crippen LogP contribution in [-0.2, 0) is 9.59 Å². The first-order chi connectivity index (χ1) is 13.6. The molecule has 0 heterocycles. The van der Waals surface area contributed by atoms with E-state index in [4.69, 9.17) is 0 Å². The van der Waals surface area contributed by atoms with E-state index < -0.39 is 12.0 Å². The van der Waals surface area contributed by atoms with E-state index in [2.05, 4.69) is 24.4 Å². The molecule has 0 spiro atoms. The van der Waals surface area contributed by atoms with Gasteiger partial charge in [0.15, 0.2) is 0 Å². The minimum absolute atomic E-state index is 0. The number of amides is 1. The number of thioether (sulfide) groups is 1. The fourth-order valence-corrected chi connectivity index (χ4v) is 3.58. The third kappa shape index (κ3) is 23.2. The van der Waals surface area contributed by atoms with Crippen molar-refractivity contribution in [3.8, 4) is 0 Å². The predicted octanol–water partition coefficient (Wildman–Crippen LogP) is 2.02. The van der Waals surface area contributed by atoms with Crippen LogP contribution in [0.15, 0.2) is 12.2 Å². The number of allylic oxidation sites excluding steroid dienone is 2. The van der Waals surface area contributed by atoms with Gasteiger partial charge >= 0.3 is 51.4 Å². The Balaban J connectivity index is 0. The van der Waals surface area contributed by atoms with E-state index in [1.54, 1.807) is 11.8 Å². The van der Waals surface area contributed by atoms with Crippen molar-refractivity contribution < 1.29 is 66.1 Å². The minimum Gasteiger partial charge on any atom is -0.548 e. The van der Waals surface area contributed by atoms with E-state index in [9.17, 15) is 14.7 Å². The molecule has 0 aromatic heterocycles. The number of rotatable bonds is 20. The van der Waals surface area contributed by atoms with Crippen molar-refractivity contribution in [3.05, 3.63) is 12.2 Å². The second-order valence-electron chi connectivity index (χ2n) is 7.55. The second-order valence-corrected chi connectivity index (χ2v) is 8.54. The van der Waals surface area contributed by atoms with Gasteiger partial charge in [-0.05, 0) is 50.5 Å². The van der Waals surface area contributed by atoms with Gasteiger partial charge < -0.3 is 15.2 Å². The SMILES string of the molecule is CCCCCCCC/C=C\CCCCCCCC(=O)NC(CCSC)C(=O)[O-].[K+]. The van der Waals surface area contributed by atoms with Crippen molar-refractivity contribution in [3.63, 3.8) is 0 Å². The largest absolute Gasteiger partial charge is 1.00 e. The standard InChI is InChI=1S/C23H43NO3S.K/c1-3-4-5-6-7-8-9-10-11-12-13-14-15-16-17-18-22(25)24-21(23(26)27)19-20-28-2;/h10-11,21H,3-9,12-20H2,1-2H3,(H,24,25)(H,26,27);/q;+1/p-1/b11-10-;. The van der Waals surface area contributed by atoms with Crippen LogP contribution in [0, 0.1) is 0 Å². The number of carbonyl (C=O) groups excluding carboxylic acids is 2. The summed E-state index contributed by atoms with van der Waals surface area (Å²) in [5, 5.41) is 13.6. The Morgan fingerprint density at radius 3 is 1.93 bits per heavy atom. The molecule has 0 aromatic carbocycles. The monoisotopic (exact) mass is 451 g/mol. The van der Waals surface area contributed by atoms with Crippen molar-refractivity contribution >= 4 is 23.6 Å². The maximum absolute atomic E-state index is 11.8. The molecule has 1 amide bonds. The Hall–Kier alpha value is 0.666. The summed E-state index contributed by atoms with van der Waals surface area (Å²) < 4.78 is 0. The molecular weight excluding hydrogens is 409 g/mol. The normalized spacial score (nSPS) is 11.9. The van der Waals surface area contributed by atoms with E-state index in [0.29, 0.717) is 18.6 Å². The summed E-state index contributed by atoms with van der Waals surface area (Å²) in [6, 6.07) is -0.858. The molecule has 0 radical (unpaired) electrons. The molecule has 1 N–H and O–H groups in total. The molecule has 164 valence electrons. The molecule has 0 aliphatic rings. The topological polar surface area (TPSA) is 69.2 Å². The van der Waals surface area contributed by atoms with E-state index in [1.807, 2.05) is 6.26 Å². The molecule has 0 aromatic rings. The summed E-state index contributed by atoms with van der Waals surface area (Å²) in [5.41, 5.74) is 0. The van der Waals surface area contributed by atoms with Crippen LogP contribution in [0.3, 0.4) is 0 Å². The van der Waals surface area contributed by atoms with Gasteiger partial charge in [-0.15, -0.1) is 0 Å². The van der Waals surface area contributed by atoms with E-state index in [0.717, 1.165) is 25.7 Å². The van der Waals surface area contributed by atoms with E-state index in [1.165, 1.54) is 57.8 Å². The van der Waals surface area contributed by atoms with Crippen LogP contribution in [-0.4, -0.2) is 29.9 Å². The average Bonchev–Trinajstić information content (AvgIpc) is 2.67. The molecule has 0 fully saturated rings. The molecule has 0 saturated heterocycles. The number of nitrogens with one attached hydrogen (secondary N) is 1. The molecule has 0 aliphatic heterocycles. The molecule has 4 nitrogen and oxygen atoms in total. The summed E-state index contributed by atoms with van der Waals surface area (Å²) in [6.45, 7) is 2.25. The molecular formula is C23H42KNO3S. The molecule has 0 bridgehead atoms. The number of carbonyl (C=O) groups is 2. The van der Waals surface area contributed by atoms with Gasteiger partial charge in [0, 0.05) is 6.42 Å². The van der Waals surface area contributed by atoms with Gasteiger partial charge in [-0.3, -0.25) is 4.79 Å². The molecule has 29 heavy (non-hydrogen) atoms. The Morgan fingerprint density at radius 2 is 1.41 bits per heavy atom. The zero-order valence-electron chi connectivity index (χ0n) is 19.2. The summed E-state index contributed by atoms with van der Waals surface area (Å²) in [5.74, 6) is -0.660.